The smallest absolute Gasteiger partial charge is 0.220 e. The minimum absolute atomic E-state index is 0.204. The highest BCUT2D eigenvalue weighted by molar-refractivity contribution is 5.77. The van der Waals surface area contributed by atoms with Crippen molar-refractivity contribution < 1.29 is 4.79 Å². The van der Waals surface area contributed by atoms with E-state index < -0.39 is 0 Å². The summed E-state index contributed by atoms with van der Waals surface area (Å²) in [5, 5.41) is 2.68. The fraction of sp³-hybridized carbons (Fsp3) is 0.235. The van der Waals surface area contributed by atoms with Crippen molar-refractivity contribution in [2.24, 2.45) is 0 Å². The molecule has 0 bridgehead atoms. The van der Waals surface area contributed by atoms with Crippen LogP contribution in [0.25, 0.3) is 11.1 Å². The van der Waals surface area contributed by atoms with Crippen molar-refractivity contribution in [3.8, 4) is 11.1 Å². The quantitative estimate of drug-likeness (QED) is 0.653. The van der Waals surface area contributed by atoms with Gasteiger partial charge in [-0.2, -0.15) is 0 Å². The Balaban J connectivity index is 0.000000155. The zero-order valence-corrected chi connectivity index (χ0v) is 10.9. The Morgan fingerprint density at radius 3 is 1.84 bits per heavy atom. The number of amides is 1. The minimum Gasteiger partial charge on any atom is -0.356 e. The van der Waals surface area contributed by atoms with E-state index in [0.29, 0.717) is 0 Å². The second-order valence-corrected chi connectivity index (χ2v) is 4.94. The molecule has 1 fully saturated rings. The fourth-order valence-electron chi connectivity index (χ4n) is 2.64. The van der Waals surface area contributed by atoms with E-state index in [2.05, 4.69) is 53.8 Å². The molecular formula is C17H17NO. The highest BCUT2D eigenvalue weighted by Crippen LogP contribution is 2.35. The first-order valence-corrected chi connectivity index (χ1v) is 6.77. The van der Waals surface area contributed by atoms with E-state index in [9.17, 15) is 4.79 Å². The molecule has 0 atom stereocenters. The largest absolute Gasteiger partial charge is 0.356 e. The third-order valence-corrected chi connectivity index (χ3v) is 3.61. The summed E-state index contributed by atoms with van der Waals surface area (Å²) < 4.78 is 0. The Hall–Kier alpha value is -2.09. The lowest BCUT2D eigenvalue weighted by molar-refractivity contribution is -0.119. The molecule has 0 unspecified atom stereocenters. The highest BCUT2D eigenvalue weighted by Gasteiger charge is 2.15. The molecule has 1 aliphatic carbocycles. The van der Waals surface area contributed by atoms with Crippen LogP contribution in [0, 0.1) is 0 Å². The van der Waals surface area contributed by atoms with Crippen molar-refractivity contribution in [2.75, 3.05) is 6.54 Å². The van der Waals surface area contributed by atoms with Gasteiger partial charge in [0, 0.05) is 13.0 Å². The summed E-state index contributed by atoms with van der Waals surface area (Å²) in [4.78, 5) is 10.1. The maximum absolute atomic E-state index is 10.1. The van der Waals surface area contributed by atoms with E-state index in [1.54, 1.807) is 0 Å². The highest BCUT2D eigenvalue weighted by atomic mass is 16.1. The molecule has 1 saturated heterocycles. The van der Waals surface area contributed by atoms with Gasteiger partial charge in [0.2, 0.25) is 5.91 Å². The number of hydrogen-bond acceptors (Lipinski definition) is 1. The molecule has 2 aromatic carbocycles. The van der Waals surface area contributed by atoms with Gasteiger partial charge in [-0.05, 0) is 35.1 Å². The number of nitrogens with one attached hydrogen (secondary N) is 1. The summed E-state index contributed by atoms with van der Waals surface area (Å²) in [7, 11) is 0. The van der Waals surface area contributed by atoms with Gasteiger partial charge in [0.15, 0.2) is 0 Å². The van der Waals surface area contributed by atoms with E-state index in [4.69, 9.17) is 0 Å². The van der Waals surface area contributed by atoms with Gasteiger partial charge < -0.3 is 5.32 Å². The van der Waals surface area contributed by atoms with Crippen molar-refractivity contribution in [1.29, 1.82) is 0 Å². The van der Waals surface area contributed by atoms with E-state index in [1.807, 2.05) is 0 Å². The summed E-state index contributed by atoms with van der Waals surface area (Å²) in [5.74, 6) is 0.204. The van der Waals surface area contributed by atoms with Crippen LogP contribution in [-0.2, 0) is 11.2 Å². The Morgan fingerprint density at radius 2 is 1.42 bits per heavy atom. The van der Waals surface area contributed by atoms with E-state index in [1.165, 1.54) is 22.3 Å². The molecule has 1 amide bonds. The summed E-state index contributed by atoms with van der Waals surface area (Å²) in [6, 6.07) is 17.3. The van der Waals surface area contributed by atoms with Gasteiger partial charge in [0.1, 0.15) is 0 Å². The second kappa shape index (κ2) is 5.27. The predicted octanol–water partition coefficient (Wildman–Crippen LogP) is 3.15. The van der Waals surface area contributed by atoms with Crippen LogP contribution in [0.5, 0.6) is 0 Å². The van der Waals surface area contributed by atoms with Crippen molar-refractivity contribution in [1.82, 2.24) is 5.32 Å². The first-order chi connectivity index (χ1) is 9.34. The molecule has 0 aromatic heterocycles. The Labute approximate surface area is 113 Å². The molecule has 2 nitrogen and oxygen atoms in total. The second-order valence-electron chi connectivity index (χ2n) is 4.94. The lowest BCUT2D eigenvalue weighted by atomic mass is 10.1. The van der Waals surface area contributed by atoms with Crippen molar-refractivity contribution in [3.05, 3.63) is 59.7 Å². The van der Waals surface area contributed by atoms with Crippen LogP contribution in [0.4, 0.5) is 0 Å². The van der Waals surface area contributed by atoms with Crippen LogP contribution < -0.4 is 5.32 Å². The summed E-state index contributed by atoms with van der Waals surface area (Å²) in [5.41, 5.74) is 5.75. The monoisotopic (exact) mass is 251 g/mol. The Bertz CT molecular complexity index is 552. The van der Waals surface area contributed by atoms with E-state index in [-0.39, 0.29) is 5.91 Å². The molecule has 19 heavy (non-hydrogen) atoms. The van der Waals surface area contributed by atoms with Crippen molar-refractivity contribution in [3.63, 3.8) is 0 Å². The molecule has 96 valence electrons. The molecule has 2 aromatic rings. The van der Waals surface area contributed by atoms with E-state index in [0.717, 1.165) is 25.8 Å². The van der Waals surface area contributed by atoms with Gasteiger partial charge in [-0.1, -0.05) is 48.5 Å². The van der Waals surface area contributed by atoms with Crippen LogP contribution in [0.1, 0.15) is 24.0 Å². The number of benzene rings is 2. The third-order valence-electron chi connectivity index (χ3n) is 3.61. The maximum Gasteiger partial charge on any atom is 0.220 e. The van der Waals surface area contributed by atoms with E-state index >= 15 is 0 Å². The summed E-state index contributed by atoms with van der Waals surface area (Å²) >= 11 is 0. The lowest BCUT2D eigenvalue weighted by Crippen LogP contribution is -2.12. The summed E-state index contributed by atoms with van der Waals surface area (Å²) in [6.07, 6.45) is 2.87. The fourth-order valence-corrected chi connectivity index (χ4v) is 2.64. The maximum atomic E-state index is 10.1. The SMILES string of the molecule is O=C1CCCN1.c1ccc2c(c1)Cc1ccccc1-2. The molecular weight excluding hydrogens is 234 g/mol. The number of rotatable bonds is 0. The van der Waals surface area contributed by atoms with Gasteiger partial charge in [-0.3, -0.25) is 4.79 Å². The van der Waals surface area contributed by atoms with Crippen LogP contribution >= 0.6 is 0 Å². The Kier molecular flexibility index (Phi) is 3.32. The first-order valence-electron chi connectivity index (χ1n) is 6.77. The lowest BCUT2D eigenvalue weighted by Gasteiger charge is -1.98. The normalized spacial score (nSPS) is 15.1. The average molecular weight is 251 g/mol. The van der Waals surface area contributed by atoms with Crippen molar-refractivity contribution in [2.45, 2.75) is 19.3 Å². The Morgan fingerprint density at radius 1 is 0.842 bits per heavy atom. The minimum atomic E-state index is 0.204. The molecule has 0 saturated carbocycles. The molecule has 4 rings (SSSR count). The van der Waals surface area contributed by atoms with Gasteiger partial charge in [-0.15, -0.1) is 0 Å². The van der Waals surface area contributed by atoms with Crippen LogP contribution in [-0.4, -0.2) is 12.5 Å². The first kappa shape index (κ1) is 12.0. The average Bonchev–Trinajstić information content (AvgIpc) is 3.06. The molecule has 1 aliphatic heterocycles. The molecule has 2 aliphatic rings. The zero-order valence-electron chi connectivity index (χ0n) is 10.9. The molecule has 1 heterocycles. The third kappa shape index (κ3) is 2.53. The molecule has 1 N–H and O–H groups in total. The van der Waals surface area contributed by atoms with Gasteiger partial charge in [0.25, 0.3) is 0 Å². The topological polar surface area (TPSA) is 29.1 Å². The molecule has 0 radical (unpaired) electrons. The van der Waals surface area contributed by atoms with Gasteiger partial charge in [-0.25, -0.2) is 0 Å². The predicted molar refractivity (Wildman–Crippen MR) is 76.9 cm³/mol. The number of carbonyl (C=O) groups is 1. The zero-order chi connectivity index (χ0) is 13.1. The standard InChI is InChI=1S/C13H10.C4H7NO/c1-3-7-12-10(5-1)9-11-6-2-4-8-13(11)12;6-4-2-1-3-5-4/h1-8H,9H2;1-3H2,(H,5,6). The van der Waals surface area contributed by atoms with Crippen LogP contribution in [0.3, 0.4) is 0 Å². The summed E-state index contributed by atoms with van der Waals surface area (Å²) in [6.45, 7) is 0.888. The van der Waals surface area contributed by atoms with Crippen molar-refractivity contribution >= 4 is 5.91 Å². The van der Waals surface area contributed by atoms with Crippen LogP contribution in [0.15, 0.2) is 48.5 Å². The van der Waals surface area contributed by atoms with Gasteiger partial charge in [0.05, 0.1) is 0 Å². The molecule has 2 heteroatoms. The number of fused-ring (bicyclic) bond motifs is 3. The van der Waals surface area contributed by atoms with Crippen LogP contribution in [0.2, 0.25) is 0 Å². The molecule has 0 spiro atoms. The number of carbonyl (C=O) groups excluding carboxylic acids is 1. The van der Waals surface area contributed by atoms with Gasteiger partial charge >= 0.3 is 0 Å². The number of hydrogen-bond donors (Lipinski definition) is 1.